The van der Waals surface area contributed by atoms with Gasteiger partial charge in [0, 0.05) is 35.9 Å². The van der Waals surface area contributed by atoms with Crippen LogP contribution in [0.3, 0.4) is 0 Å². The number of aryl methyl sites for hydroxylation is 2. The molecule has 1 saturated heterocycles. The fourth-order valence-corrected chi connectivity index (χ4v) is 3.42. The molecule has 0 saturated carbocycles. The summed E-state index contributed by atoms with van der Waals surface area (Å²) >= 11 is 6.01. The van der Waals surface area contributed by atoms with Crippen LogP contribution in [0, 0.1) is 6.92 Å². The molecule has 0 bridgehead atoms. The molecule has 1 aliphatic heterocycles. The van der Waals surface area contributed by atoms with Gasteiger partial charge in [-0.15, -0.1) is 0 Å². The number of hydrogen-bond acceptors (Lipinski definition) is 5. The third-order valence-electron chi connectivity index (χ3n) is 4.84. The van der Waals surface area contributed by atoms with Gasteiger partial charge in [-0.25, -0.2) is 9.78 Å². The summed E-state index contributed by atoms with van der Waals surface area (Å²) < 4.78 is 7.80. The number of benzene rings is 1. The van der Waals surface area contributed by atoms with Crippen molar-refractivity contribution < 1.29 is 14.0 Å². The van der Waals surface area contributed by atoms with Crippen molar-refractivity contribution in [2.45, 2.75) is 32.7 Å². The van der Waals surface area contributed by atoms with Gasteiger partial charge in [0.15, 0.2) is 0 Å². The minimum absolute atomic E-state index is 0.208. The molecule has 3 heterocycles. The summed E-state index contributed by atoms with van der Waals surface area (Å²) in [7, 11) is 0. The molecule has 1 aromatic carbocycles. The van der Waals surface area contributed by atoms with Crippen LogP contribution >= 0.6 is 11.6 Å². The van der Waals surface area contributed by atoms with E-state index in [0.29, 0.717) is 41.9 Å². The maximum absolute atomic E-state index is 12.1. The molecule has 8 nitrogen and oxygen atoms in total. The number of oxazole rings is 1. The number of carbonyl (C=O) groups excluding carboxylic acids is 2. The van der Waals surface area contributed by atoms with Crippen LogP contribution in [0.5, 0.6) is 0 Å². The number of halogens is 1. The van der Waals surface area contributed by atoms with Gasteiger partial charge in [-0.3, -0.25) is 14.3 Å². The Morgan fingerprint density at radius 2 is 2.00 bits per heavy atom. The molecule has 4 rings (SSSR count). The van der Waals surface area contributed by atoms with Crippen LogP contribution in [0.15, 0.2) is 41.1 Å². The van der Waals surface area contributed by atoms with Crippen molar-refractivity contribution in [1.29, 1.82) is 0 Å². The number of imidazole rings is 1. The third-order valence-corrected chi connectivity index (χ3v) is 5.09. The lowest BCUT2D eigenvalue weighted by Gasteiger charge is -2.11. The number of imide groups is 1. The average Bonchev–Trinajstić information content (AvgIpc) is 3.36. The molecule has 3 aromatic rings. The van der Waals surface area contributed by atoms with Crippen molar-refractivity contribution in [3.8, 4) is 17.3 Å². The highest BCUT2D eigenvalue weighted by molar-refractivity contribution is 6.30. The maximum Gasteiger partial charge on any atom is 0.324 e. The van der Waals surface area contributed by atoms with Gasteiger partial charge in [-0.2, -0.15) is 4.98 Å². The maximum atomic E-state index is 12.1. The lowest BCUT2D eigenvalue weighted by atomic mass is 10.1. The van der Waals surface area contributed by atoms with Crippen LogP contribution in [0.1, 0.15) is 24.9 Å². The predicted octanol–water partition coefficient (Wildman–Crippen LogP) is 3.36. The fourth-order valence-electron chi connectivity index (χ4n) is 3.29. The van der Waals surface area contributed by atoms with Gasteiger partial charge >= 0.3 is 12.0 Å². The van der Waals surface area contributed by atoms with Crippen LogP contribution in [0.25, 0.3) is 17.3 Å². The van der Waals surface area contributed by atoms with E-state index in [1.165, 1.54) is 4.90 Å². The second kappa shape index (κ2) is 7.71. The zero-order valence-corrected chi connectivity index (χ0v) is 16.8. The highest BCUT2D eigenvalue weighted by atomic mass is 35.5. The highest BCUT2D eigenvalue weighted by Gasteiger charge is 2.34. The molecule has 3 amide bonds. The smallest absolute Gasteiger partial charge is 0.324 e. The van der Waals surface area contributed by atoms with Crippen molar-refractivity contribution in [3.63, 3.8) is 0 Å². The van der Waals surface area contributed by atoms with Crippen molar-refractivity contribution >= 4 is 23.5 Å². The zero-order chi connectivity index (χ0) is 20.5. The van der Waals surface area contributed by atoms with Crippen molar-refractivity contribution in [1.82, 2.24) is 24.8 Å². The van der Waals surface area contributed by atoms with Crippen LogP contribution in [-0.2, 0) is 11.2 Å². The van der Waals surface area contributed by atoms with E-state index >= 15 is 0 Å². The van der Waals surface area contributed by atoms with Gasteiger partial charge < -0.3 is 9.73 Å². The van der Waals surface area contributed by atoms with Crippen molar-refractivity contribution in [3.05, 3.63) is 53.3 Å². The summed E-state index contributed by atoms with van der Waals surface area (Å²) in [5.41, 5.74) is 1.58. The predicted molar refractivity (Wildman–Crippen MR) is 107 cm³/mol. The Kier molecular flexibility index (Phi) is 5.10. The molecule has 1 N–H and O–H groups in total. The molecule has 1 aliphatic rings. The van der Waals surface area contributed by atoms with Gasteiger partial charge in [-0.1, -0.05) is 23.7 Å². The quantitative estimate of drug-likeness (QED) is 0.625. The molecule has 1 fully saturated rings. The molecule has 9 heteroatoms. The Balaban J connectivity index is 1.58. The summed E-state index contributed by atoms with van der Waals surface area (Å²) in [4.78, 5) is 34.1. The Bertz CT molecular complexity index is 1060. The monoisotopic (exact) mass is 413 g/mol. The molecular formula is C20H20ClN5O3. The van der Waals surface area contributed by atoms with E-state index in [1.807, 2.05) is 19.1 Å². The summed E-state index contributed by atoms with van der Waals surface area (Å²) in [6.07, 6.45) is 4.54. The minimum Gasteiger partial charge on any atom is -0.427 e. The van der Waals surface area contributed by atoms with Gasteiger partial charge in [0.05, 0.1) is 0 Å². The molecule has 2 aromatic heterocycles. The number of rotatable bonds is 6. The van der Waals surface area contributed by atoms with Gasteiger partial charge in [0.1, 0.15) is 23.3 Å². The van der Waals surface area contributed by atoms with Crippen molar-refractivity contribution in [2.75, 3.05) is 6.54 Å². The van der Waals surface area contributed by atoms with E-state index in [2.05, 4.69) is 15.3 Å². The van der Waals surface area contributed by atoms with Crippen LogP contribution in [0.2, 0.25) is 5.02 Å². The van der Waals surface area contributed by atoms with Crippen LogP contribution in [0.4, 0.5) is 4.79 Å². The summed E-state index contributed by atoms with van der Waals surface area (Å²) in [6.45, 7) is 3.86. The molecule has 150 valence electrons. The largest absolute Gasteiger partial charge is 0.427 e. The van der Waals surface area contributed by atoms with E-state index in [9.17, 15) is 9.59 Å². The number of urea groups is 1. The topological polar surface area (TPSA) is 93.3 Å². The van der Waals surface area contributed by atoms with Gasteiger partial charge in [0.25, 0.3) is 5.91 Å². The SMILES string of the molecule is Cc1nccn1-c1nc(-c2ccc(Cl)cc2)c(CCCN2C(=O)NC(C)C2=O)o1. The minimum atomic E-state index is -0.478. The number of carbonyl (C=O) groups is 2. The second-order valence-electron chi connectivity index (χ2n) is 6.88. The summed E-state index contributed by atoms with van der Waals surface area (Å²) in [5, 5.41) is 3.25. The first-order chi connectivity index (χ1) is 13.9. The highest BCUT2D eigenvalue weighted by Crippen LogP contribution is 2.28. The van der Waals surface area contributed by atoms with Gasteiger partial charge in [0.2, 0.25) is 0 Å². The number of hydrogen-bond donors (Lipinski definition) is 1. The molecular weight excluding hydrogens is 394 g/mol. The molecule has 1 atom stereocenters. The third kappa shape index (κ3) is 3.75. The first-order valence-electron chi connectivity index (χ1n) is 9.32. The number of aromatic nitrogens is 3. The van der Waals surface area contributed by atoms with E-state index in [0.717, 1.165) is 11.4 Å². The van der Waals surface area contributed by atoms with Gasteiger partial charge in [-0.05, 0) is 32.4 Å². The van der Waals surface area contributed by atoms with Crippen LogP contribution in [-0.4, -0.2) is 44.0 Å². The first kappa shape index (κ1) is 19.2. The Morgan fingerprint density at radius 1 is 1.24 bits per heavy atom. The standard InChI is InChI=1S/C20H20ClN5O3/c1-12-18(27)26(19(28)23-12)10-3-4-16-17(14-5-7-15(21)8-6-14)24-20(29-16)25-11-9-22-13(25)2/h5-9,11-12H,3-4,10H2,1-2H3,(H,23,28). The first-order valence-corrected chi connectivity index (χ1v) is 9.69. The summed E-state index contributed by atoms with van der Waals surface area (Å²) in [6, 6.07) is 6.95. The summed E-state index contributed by atoms with van der Waals surface area (Å²) in [5.74, 6) is 1.23. The fraction of sp³-hybridized carbons (Fsp3) is 0.300. The number of nitrogens with zero attached hydrogens (tertiary/aromatic N) is 4. The molecule has 29 heavy (non-hydrogen) atoms. The van der Waals surface area contributed by atoms with E-state index in [1.54, 1.807) is 36.0 Å². The van der Waals surface area contributed by atoms with E-state index in [4.69, 9.17) is 16.0 Å². The molecule has 0 aliphatic carbocycles. The normalized spacial score (nSPS) is 16.5. The molecule has 1 unspecified atom stereocenters. The lowest BCUT2D eigenvalue weighted by Crippen LogP contribution is -2.32. The second-order valence-corrected chi connectivity index (χ2v) is 7.32. The molecule has 0 radical (unpaired) electrons. The van der Waals surface area contributed by atoms with E-state index in [-0.39, 0.29) is 11.9 Å². The Morgan fingerprint density at radius 3 is 2.62 bits per heavy atom. The molecule has 0 spiro atoms. The number of amides is 3. The number of nitrogens with one attached hydrogen (secondary N) is 1. The van der Waals surface area contributed by atoms with E-state index < -0.39 is 6.04 Å². The van der Waals surface area contributed by atoms with Crippen LogP contribution < -0.4 is 5.32 Å². The Hall–Kier alpha value is -3.13. The average molecular weight is 414 g/mol. The Labute approximate surface area is 172 Å². The van der Waals surface area contributed by atoms with Crippen molar-refractivity contribution in [2.24, 2.45) is 0 Å². The lowest BCUT2D eigenvalue weighted by molar-refractivity contribution is -0.127. The zero-order valence-electron chi connectivity index (χ0n) is 16.1.